The van der Waals surface area contributed by atoms with Crippen molar-refractivity contribution in [3.63, 3.8) is 0 Å². The van der Waals surface area contributed by atoms with Gasteiger partial charge in [-0.1, -0.05) is 0 Å². The van der Waals surface area contributed by atoms with Crippen molar-refractivity contribution in [1.82, 2.24) is 24.8 Å². The number of rotatable bonds is 7. The molecule has 1 aliphatic rings. The number of halogens is 3. The van der Waals surface area contributed by atoms with Gasteiger partial charge in [-0.2, -0.15) is 0 Å². The summed E-state index contributed by atoms with van der Waals surface area (Å²) in [5, 5.41) is 25.8. The lowest BCUT2D eigenvalue weighted by atomic mass is 10.1. The minimum Gasteiger partial charge on any atom is -0.387 e. The van der Waals surface area contributed by atoms with Gasteiger partial charge in [-0.05, 0) is 0 Å². The predicted octanol–water partition coefficient (Wildman–Crippen LogP) is -0.470. The third kappa shape index (κ3) is 4.90. The van der Waals surface area contributed by atoms with Gasteiger partial charge in [0.25, 0.3) is 0 Å². The monoisotopic (exact) mass is 420 g/mol. The Morgan fingerprint density at radius 2 is 2.03 bits per heavy atom. The second-order valence-corrected chi connectivity index (χ2v) is 6.26. The van der Waals surface area contributed by atoms with E-state index < -0.39 is 37.5 Å². The molecule has 1 fully saturated rings. The Morgan fingerprint density at radius 1 is 1.28 bits per heavy atom. The van der Waals surface area contributed by atoms with Crippen molar-refractivity contribution in [2.45, 2.75) is 37.8 Å². The summed E-state index contributed by atoms with van der Waals surface area (Å²) in [6.07, 6.45) is -8.14. The molecule has 0 aromatic carbocycles. The largest absolute Gasteiger partial charge is 0.522 e. The van der Waals surface area contributed by atoms with E-state index in [1.54, 1.807) is 0 Å². The fourth-order valence-corrected chi connectivity index (χ4v) is 2.86. The van der Waals surface area contributed by atoms with Crippen LogP contribution in [0.15, 0.2) is 12.7 Å². The Balaban J connectivity index is 1.74. The van der Waals surface area contributed by atoms with E-state index >= 15 is 0 Å². The van der Waals surface area contributed by atoms with Crippen LogP contribution in [0.2, 0.25) is 0 Å². The Bertz CT molecular complexity index is 863. The smallest absolute Gasteiger partial charge is 0.387 e. The molecule has 4 atom stereocenters. The molecule has 29 heavy (non-hydrogen) atoms. The van der Waals surface area contributed by atoms with E-state index in [2.05, 4.69) is 30.3 Å². The lowest BCUT2D eigenvalue weighted by Crippen LogP contribution is -2.35. The lowest BCUT2D eigenvalue weighted by Gasteiger charge is -2.16. The van der Waals surface area contributed by atoms with Gasteiger partial charge in [0.05, 0.1) is 12.9 Å². The number of imidazole rings is 1. The molecular weight excluding hydrogens is 401 g/mol. The number of anilines is 1. The zero-order chi connectivity index (χ0) is 21.2. The number of aliphatic hydroxyl groups excluding tert-OH is 2. The third-order valence-electron chi connectivity index (χ3n) is 4.17. The number of nitrogens with zero attached hydrogens (tertiary/aromatic N) is 4. The number of hydrogen-bond acceptors (Lipinski definition) is 9. The molecular formula is C15H19F3N6O5. The molecule has 1 saturated heterocycles. The van der Waals surface area contributed by atoms with Crippen molar-refractivity contribution in [2.24, 2.45) is 0 Å². The highest BCUT2D eigenvalue weighted by molar-refractivity contribution is 5.82. The number of carbonyl (C=O) groups is 1. The molecule has 0 spiro atoms. The molecule has 3 heterocycles. The number of nitrogens with one attached hydrogen (secondary N) is 2. The fourth-order valence-electron chi connectivity index (χ4n) is 2.86. The molecule has 14 heteroatoms. The molecule has 2 aromatic rings. The van der Waals surface area contributed by atoms with Crippen LogP contribution in [-0.2, 0) is 14.3 Å². The van der Waals surface area contributed by atoms with Crippen molar-refractivity contribution in [2.75, 3.05) is 25.0 Å². The first kappa shape index (κ1) is 21.2. The second kappa shape index (κ2) is 8.44. The zero-order valence-corrected chi connectivity index (χ0v) is 15.1. The summed E-state index contributed by atoms with van der Waals surface area (Å²) in [5.41, 5.74) is 0.547. The molecule has 2 aromatic heterocycles. The van der Waals surface area contributed by atoms with Crippen LogP contribution in [0.1, 0.15) is 13.2 Å². The Hall–Kier alpha value is -2.55. The number of fused-ring (bicyclic) bond motifs is 1. The molecule has 11 nitrogen and oxygen atoms in total. The van der Waals surface area contributed by atoms with Crippen LogP contribution in [0.3, 0.4) is 0 Å². The van der Waals surface area contributed by atoms with Crippen LogP contribution in [0.25, 0.3) is 11.2 Å². The summed E-state index contributed by atoms with van der Waals surface area (Å²) >= 11 is 0. The summed E-state index contributed by atoms with van der Waals surface area (Å²) in [6.45, 7) is 1.12. The van der Waals surface area contributed by atoms with Crippen LogP contribution < -0.4 is 10.6 Å². The van der Waals surface area contributed by atoms with Crippen LogP contribution >= 0.6 is 0 Å². The minimum absolute atomic E-state index is 0.182. The van der Waals surface area contributed by atoms with E-state index in [0.717, 1.165) is 0 Å². The maximum absolute atomic E-state index is 12.2. The quantitative estimate of drug-likeness (QED) is 0.437. The zero-order valence-electron chi connectivity index (χ0n) is 15.1. The number of aliphatic hydroxyl groups is 2. The number of alkyl halides is 3. The van der Waals surface area contributed by atoms with Gasteiger partial charge in [-0.3, -0.25) is 14.1 Å². The van der Waals surface area contributed by atoms with E-state index in [9.17, 15) is 28.2 Å². The van der Waals surface area contributed by atoms with Crippen LogP contribution in [0.4, 0.5) is 19.0 Å². The van der Waals surface area contributed by atoms with Gasteiger partial charge < -0.3 is 25.6 Å². The molecule has 1 aliphatic heterocycles. The third-order valence-corrected chi connectivity index (χ3v) is 4.17. The average Bonchev–Trinajstić information content (AvgIpc) is 3.19. The maximum Gasteiger partial charge on any atom is 0.522 e. The number of carbonyl (C=O) groups excluding carboxylic acids is 1. The van der Waals surface area contributed by atoms with E-state index in [1.807, 2.05) is 0 Å². The summed E-state index contributed by atoms with van der Waals surface area (Å²) in [7, 11) is 0. The first-order valence-electron chi connectivity index (χ1n) is 8.55. The van der Waals surface area contributed by atoms with Gasteiger partial charge >= 0.3 is 6.36 Å². The van der Waals surface area contributed by atoms with Gasteiger partial charge in [0.15, 0.2) is 23.2 Å². The summed E-state index contributed by atoms with van der Waals surface area (Å²) in [6, 6.07) is 0. The van der Waals surface area contributed by atoms with Crippen molar-refractivity contribution < 1.29 is 37.7 Å². The van der Waals surface area contributed by atoms with Gasteiger partial charge in [0, 0.05) is 20.0 Å². The minimum atomic E-state index is -4.89. The Kier molecular flexibility index (Phi) is 6.16. The molecule has 1 amide bonds. The lowest BCUT2D eigenvalue weighted by molar-refractivity contribution is -0.333. The highest BCUT2D eigenvalue weighted by atomic mass is 19.4. The molecule has 0 saturated carbocycles. The Labute approximate surface area is 161 Å². The van der Waals surface area contributed by atoms with Crippen molar-refractivity contribution >= 4 is 22.9 Å². The first-order chi connectivity index (χ1) is 13.7. The number of hydrogen-bond donors (Lipinski definition) is 4. The molecule has 0 aliphatic carbocycles. The maximum atomic E-state index is 12.2. The van der Waals surface area contributed by atoms with Crippen molar-refractivity contribution in [3.8, 4) is 0 Å². The highest BCUT2D eigenvalue weighted by Crippen LogP contribution is 2.33. The fraction of sp³-hybridized carbons (Fsp3) is 0.600. The second-order valence-electron chi connectivity index (χ2n) is 6.26. The summed E-state index contributed by atoms with van der Waals surface area (Å²) in [4.78, 5) is 23.2. The van der Waals surface area contributed by atoms with E-state index in [4.69, 9.17) is 4.74 Å². The normalized spacial score (nSPS) is 24.8. The topological polar surface area (TPSA) is 144 Å². The van der Waals surface area contributed by atoms with Crippen LogP contribution in [-0.4, -0.2) is 80.0 Å². The van der Waals surface area contributed by atoms with Gasteiger partial charge in [0.2, 0.25) is 5.91 Å². The highest BCUT2D eigenvalue weighted by Gasteiger charge is 2.46. The summed E-state index contributed by atoms with van der Waals surface area (Å²) < 4.78 is 47.1. The molecule has 3 rings (SSSR count). The molecule has 160 valence electrons. The van der Waals surface area contributed by atoms with E-state index in [-0.39, 0.29) is 11.6 Å². The number of amides is 1. The van der Waals surface area contributed by atoms with Crippen LogP contribution in [0, 0.1) is 0 Å². The number of aromatic nitrogens is 4. The van der Waals surface area contributed by atoms with Crippen molar-refractivity contribution in [1.29, 1.82) is 0 Å². The van der Waals surface area contributed by atoms with E-state index in [0.29, 0.717) is 24.4 Å². The first-order valence-corrected chi connectivity index (χ1v) is 8.55. The summed E-state index contributed by atoms with van der Waals surface area (Å²) in [5.74, 6) is 0.169. The van der Waals surface area contributed by atoms with Crippen LogP contribution in [0.5, 0.6) is 0 Å². The molecule has 0 bridgehead atoms. The molecule has 0 unspecified atom stereocenters. The molecule has 4 N–H and O–H groups in total. The average molecular weight is 420 g/mol. The predicted molar refractivity (Wildman–Crippen MR) is 90.4 cm³/mol. The molecule has 0 radical (unpaired) electrons. The van der Waals surface area contributed by atoms with Crippen molar-refractivity contribution in [3.05, 3.63) is 12.7 Å². The van der Waals surface area contributed by atoms with Gasteiger partial charge in [0.1, 0.15) is 24.6 Å². The van der Waals surface area contributed by atoms with Gasteiger partial charge in [-0.15, -0.1) is 13.2 Å². The van der Waals surface area contributed by atoms with Gasteiger partial charge in [-0.25, -0.2) is 15.0 Å². The number of ether oxygens (including phenoxy) is 2. The SMILES string of the molecule is CC(=O)NCCNc1ncnc2c1ncn2[C@@H]1O[C@H](COC(F)(F)F)[C@@H](O)[C@H]1O. The standard InChI is InChI=1S/C15H19F3N6O5/c1-7(25)19-2-3-20-12-9-13(22-5-21-12)24(6-23-9)14-11(27)10(26)8(29-14)4-28-15(16,17)18/h5-6,8,10-11,14,26-27H,2-4H2,1H3,(H,19,25)(H,20,21,22)/t8-,10-,11-,14-/m1/s1. The van der Waals surface area contributed by atoms with E-state index in [1.165, 1.54) is 24.1 Å². The Morgan fingerprint density at radius 3 is 2.72 bits per heavy atom.